The molecule has 0 radical (unpaired) electrons. The maximum absolute atomic E-state index is 14.3. The highest BCUT2D eigenvalue weighted by Crippen LogP contribution is 2.50. The normalized spacial score (nSPS) is 17.4. The minimum Gasteiger partial charge on any atom is -0.497 e. The number of hydrogen-bond acceptors (Lipinski definition) is 3. The van der Waals surface area contributed by atoms with E-state index in [1.54, 1.807) is 13.2 Å². The second-order valence-corrected chi connectivity index (χ2v) is 9.60. The van der Waals surface area contributed by atoms with Crippen molar-refractivity contribution in [3.63, 3.8) is 0 Å². The van der Waals surface area contributed by atoms with Crippen molar-refractivity contribution in [3.8, 4) is 5.75 Å². The van der Waals surface area contributed by atoms with Crippen molar-refractivity contribution in [1.82, 2.24) is 4.90 Å². The first-order valence-electron chi connectivity index (χ1n) is 10.2. The van der Waals surface area contributed by atoms with E-state index in [0.29, 0.717) is 24.7 Å². The maximum atomic E-state index is 14.3. The molecule has 0 saturated carbocycles. The number of halogens is 4. The summed E-state index contributed by atoms with van der Waals surface area (Å²) in [4.78, 5) is 2.30. The van der Waals surface area contributed by atoms with Crippen LogP contribution in [0.4, 0.5) is 10.1 Å². The molecule has 0 amide bonds. The number of ether oxygens (including phenoxy) is 1. The molecule has 3 aromatic rings. The predicted octanol–water partition coefficient (Wildman–Crippen LogP) is 7.36. The summed E-state index contributed by atoms with van der Waals surface area (Å²) >= 11 is 17.0. The van der Waals surface area contributed by atoms with Crippen molar-refractivity contribution < 1.29 is 9.13 Å². The quantitative estimate of drug-likeness (QED) is 0.379. The van der Waals surface area contributed by atoms with E-state index in [2.05, 4.69) is 32.2 Å². The van der Waals surface area contributed by atoms with Gasteiger partial charge in [-0.2, -0.15) is 0 Å². The molecule has 1 N–H and O–H groups in total. The van der Waals surface area contributed by atoms with Crippen molar-refractivity contribution in [2.75, 3.05) is 19.0 Å². The van der Waals surface area contributed by atoms with Crippen LogP contribution in [0.2, 0.25) is 5.02 Å². The molecule has 0 aliphatic carbocycles. The molecule has 1 atom stereocenters. The molecule has 164 valence electrons. The zero-order valence-corrected chi connectivity index (χ0v) is 20.4. The molecule has 0 saturated heterocycles. The third-order valence-corrected chi connectivity index (χ3v) is 7.38. The van der Waals surface area contributed by atoms with Gasteiger partial charge in [-0.15, -0.1) is 0 Å². The van der Waals surface area contributed by atoms with Crippen molar-refractivity contribution in [3.05, 3.63) is 97.7 Å². The van der Waals surface area contributed by atoms with Crippen molar-refractivity contribution in [2.45, 2.75) is 19.1 Å². The van der Waals surface area contributed by atoms with Gasteiger partial charge in [-0.25, -0.2) is 4.39 Å². The molecule has 2 aliphatic heterocycles. The van der Waals surface area contributed by atoms with Crippen LogP contribution in [-0.4, -0.2) is 18.6 Å². The molecule has 2 aliphatic rings. The number of fused-ring (bicyclic) bond motifs is 3. The van der Waals surface area contributed by atoms with Crippen LogP contribution < -0.4 is 10.1 Å². The fraction of sp³-hybridized carbons (Fsp3) is 0.200. The van der Waals surface area contributed by atoms with Crippen molar-refractivity contribution in [2.24, 2.45) is 0 Å². The van der Waals surface area contributed by atoms with Gasteiger partial charge < -0.3 is 10.1 Å². The lowest BCUT2D eigenvalue weighted by molar-refractivity contribution is 0.234. The highest BCUT2D eigenvalue weighted by molar-refractivity contribution is 9.10. The Balaban J connectivity index is 1.66. The van der Waals surface area contributed by atoms with Gasteiger partial charge in [0.1, 0.15) is 11.6 Å². The molecule has 0 spiro atoms. The van der Waals surface area contributed by atoms with E-state index in [4.69, 9.17) is 27.9 Å². The standard InChI is InChI=1S/C25H20BrCl2FN2O/c1-32-16-5-2-14(3-6-16)12-31-13-18-23(25(31)17-10-15(29)4-7-20(17)27)19(26)11-22-24(18)21(28)8-9-30-22/h2-8,10-11,25,30H,9,12-13H2,1H3. The minimum absolute atomic E-state index is 0.221. The summed E-state index contributed by atoms with van der Waals surface area (Å²) in [5.41, 5.74) is 6.07. The molecule has 32 heavy (non-hydrogen) atoms. The van der Waals surface area contributed by atoms with Crippen LogP contribution >= 0.6 is 39.1 Å². The summed E-state index contributed by atoms with van der Waals surface area (Å²) in [6.07, 6.45) is 1.98. The minimum atomic E-state index is -0.309. The number of nitrogens with zero attached hydrogens (tertiary/aromatic N) is 1. The number of anilines is 1. The Morgan fingerprint density at radius 1 is 1.16 bits per heavy atom. The average Bonchev–Trinajstić information content (AvgIpc) is 3.15. The summed E-state index contributed by atoms with van der Waals surface area (Å²) in [7, 11) is 1.65. The van der Waals surface area contributed by atoms with Crippen LogP contribution in [0.15, 0.2) is 59.1 Å². The van der Waals surface area contributed by atoms with E-state index in [1.807, 2.05) is 30.3 Å². The Morgan fingerprint density at radius 3 is 2.69 bits per heavy atom. The average molecular weight is 534 g/mol. The Bertz CT molecular complexity index is 1230. The van der Waals surface area contributed by atoms with Crippen LogP contribution in [0.1, 0.15) is 33.9 Å². The summed E-state index contributed by atoms with van der Waals surface area (Å²) in [6, 6.07) is 14.4. The first kappa shape index (κ1) is 21.8. The van der Waals surface area contributed by atoms with Gasteiger partial charge in [-0.05, 0) is 64.7 Å². The van der Waals surface area contributed by atoms with E-state index >= 15 is 0 Å². The zero-order valence-electron chi connectivity index (χ0n) is 17.3. The van der Waals surface area contributed by atoms with Crippen LogP contribution in [0.5, 0.6) is 5.75 Å². The van der Waals surface area contributed by atoms with Crippen LogP contribution in [0.3, 0.4) is 0 Å². The van der Waals surface area contributed by atoms with E-state index in [9.17, 15) is 4.39 Å². The lowest BCUT2D eigenvalue weighted by Gasteiger charge is -2.27. The van der Waals surface area contributed by atoms with E-state index in [1.165, 1.54) is 12.1 Å². The number of methoxy groups -OCH3 is 1. The molecule has 0 aromatic heterocycles. The molecule has 0 fully saturated rings. The van der Waals surface area contributed by atoms with Crippen molar-refractivity contribution in [1.29, 1.82) is 0 Å². The van der Waals surface area contributed by atoms with Gasteiger partial charge in [-0.3, -0.25) is 4.90 Å². The topological polar surface area (TPSA) is 24.5 Å². The molecule has 3 nitrogen and oxygen atoms in total. The smallest absolute Gasteiger partial charge is 0.123 e. The highest BCUT2D eigenvalue weighted by atomic mass is 79.9. The predicted molar refractivity (Wildman–Crippen MR) is 132 cm³/mol. The fourth-order valence-corrected chi connectivity index (χ4v) is 5.81. The summed E-state index contributed by atoms with van der Waals surface area (Å²) in [5, 5.41) is 4.68. The fourth-order valence-electron chi connectivity index (χ4n) is 4.61. The van der Waals surface area contributed by atoms with Gasteiger partial charge in [0.15, 0.2) is 0 Å². The molecule has 2 heterocycles. The number of rotatable bonds is 4. The Labute approximate surface area is 204 Å². The van der Waals surface area contributed by atoms with Gasteiger partial charge in [-0.1, -0.05) is 51.3 Å². The summed E-state index contributed by atoms with van der Waals surface area (Å²) < 4.78 is 20.6. The van der Waals surface area contributed by atoms with Gasteiger partial charge >= 0.3 is 0 Å². The molecule has 1 unspecified atom stereocenters. The molecule has 7 heteroatoms. The van der Waals surface area contributed by atoms with Crippen LogP contribution in [-0.2, 0) is 13.1 Å². The lowest BCUT2D eigenvalue weighted by atomic mass is 9.93. The summed E-state index contributed by atoms with van der Waals surface area (Å²) in [5.74, 6) is 0.499. The van der Waals surface area contributed by atoms with Gasteiger partial charge in [0.2, 0.25) is 0 Å². The molecule has 3 aromatic carbocycles. The summed E-state index contributed by atoms with van der Waals surface area (Å²) in [6.45, 7) is 2.00. The van der Waals surface area contributed by atoms with Crippen molar-refractivity contribution >= 4 is 49.9 Å². The SMILES string of the molecule is COc1ccc(CN2Cc3c4c(cc(Br)c3C2c2cc(F)ccc2Cl)NCC=C4Cl)cc1. The Morgan fingerprint density at radius 2 is 1.94 bits per heavy atom. The molecule has 0 bridgehead atoms. The largest absolute Gasteiger partial charge is 0.497 e. The number of benzene rings is 3. The first-order valence-corrected chi connectivity index (χ1v) is 11.8. The Hall–Kier alpha value is -2.05. The second-order valence-electron chi connectivity index (χ2n) is 7.93. The molecular formula is C25H20BrCl2FN2O. The third-order valence-electron chi connectivity index (χ3n) is 6.03. The lowest BCUT2D eigenvalue weighted by Crippen LogP contribution is -2.23. The van der Waals surface area contributed by atoms with E-state index < -0.39 is 0 Å². The van der Waals surface area contributed by atoms with Gasteiger partial charge in [0.25, 0.3) is 0 Å². The first-order chi connectivity index (χ1) is 15.5. The number of nitrogens with one attached hydrogen (secondary N) is 1. The molecular weight excluding hydrogens is 514 g/mol. The zero-order chi connectivity index (χ0) is 22.4. The van der Waals surface area contributed by atoms with Gasteiger partial charge in [0.05, 0.1) is 13.2 Å². The Kier molecular flexibility index (Phi) is 5.93. The maximum Gasteiger partial charge on any atom is 0.123 e. The molecule has 5 rings (SSSR count). The van der Waals surface area contributed by atoms with Gasteiger partial charge in [0, 0.05) is 45.4 Å². The second kappa shape index (κ2) is 8.71. The highest BCUT2D eigenvalue weighted by Gasteiger charge is 2.38. The number of hydrogen-bond donors (Lipinski definition) is 1. The van der Waals surface area contributed by atoms with E-state index in [0.717, 1.165) is 48.8 Å². The van der Waals surface area contributed by atoms with Crippen LogP contribution in [0.25, 0.3) is 5.03 Å². The monoisotopic (exact) mass is 532 g/mol. The third kappa shape index (κ3) is 3.81. The van der Waals surface area contributed by atoms with E-state index in [-0.39, 0.29) is 11.9 Å². The van der Waals surface area contributed by atoms with Crippen LogP contribution in [0, 0.1) is 5.82 Å².